The highest BCUT2D eigenvalue weighted by molar-refractivity contribution is 14.0. The van der Waals surface area contributed by atoms with Crippen molar-refractivity contribution in [3.05, 3.63) is 71.0 Å². The zero-order valence-corrected chi connectivity index (χ0v) is 19.9. The van der Waals surface area contributed by atoms with E-state index in [0.717, 1.165) is 41.0 Å². The molecule has 1 heterocycles. The van der Waals surface area contributed by atoms with Gasteiger partial charge >= 0.3 is 0 Å². The molecule has 30 heavy (non-hydrogen) atoms. The Morgan fingerprint density at radius 1 is 1.17 bits per heavy atom. The maximum absolute atomic E-state index is 6.19. The third-order valence-corrected chi connectivity index (χ3v) is 5.50. The molecule has 2 aromatic carbocycles. The Hall–Kier alpha value is -2.13. The quantitative estimate of drug-likeness (QED) is 0.236. The van der Waals surface area contributed by atoms with Gasteiger partial charge in [0.2, 0.25) is 0 Å². The highest BCUT2D eigenvalue weighted by Crippen LogP contribution is 2.48. The summed E-state index contributed by atoms with van der Waals surface area (Å²) >= 11 is 6.19. The molecule has 8 heteroatoms. The van der Waals surface area contributed by atoms with Crippen LogP contribution in [0.5, 0.6) is 0 Å². The lowest BCUT2D eigenvalue weighted by atomic mass is 9.96. The van der Waals surface area contributed by atoms with Gasteiger partial charge in [0.05, 0.1) is 6.54 Å². The lowest BCUT2D eigenvalue weighted by molar-refractivity contribution is 0.646. The van der Waals surface area contributed by atoms with E-state index in [4.69, 9.17) is 16.6 Å². The molecule has 0 unspecified atom stereocenters. The number of H-pyrrole nitrogens is 1. The molecule has 4 rings (SSSR count). The Kier molecular flexibility index (Phi) is 7.71. The first-order chi connectivity index (χ1) is 14.2. The van der Waals surface area contributed by atoms with Crippen LogP contribution in [0.2, 0.25) is 5.02 Å². The SMILES string of the molecule is CCNC(=NCc1cccc(-c2ncn[nH]2)c1)NCC1(c2cccc(Cl)c2)CC1.I. The summed E-state index contributed by atoms with van der Waals surface area (Å²) in [7, 11) is 0. The van der Waals surface area contributed by atoms with Gasteiger partial charge in [-0.15, -0.1) is 24.0 Å². The predicted molar refractivity (Wildman–Crippen MR) is 132 cm³/mol. The fourth-order valence-electron chi connectivity index (χ4n) is 3.46. The number of hydrogen-bond donors (Lipinski definition) is 3. The van der Waals surface area contributed by atoms with Gasteiger partial charge in [0, 0.05) is 29.1 Å². The van der Waals surface area contributed by atoms with Crippen LogP contribution in [-0.2, 0) is 12.0 Å². The van der Waals surface area contributed by atoms with Crippen molar-refractivity contribution >= 4 is 41.5 Å². The van der Waals surface area contributed by atoms with E-state index < -0.39 is 0 Å². The fraction of sp³-hybridized carbons (Fsp3) is 0.318. The van der Waals surface area contributed by atoms with E-state index in [9.17, 15) is 0 Å². The Bertz CT molecular complexity index is 985. The highest BCUT2D eigenvalue weighted by Gasteiger charge is 2.44. The minimum atomic E-state index is 0. The van der Waals surface area contributed by atoms with Gasteiger partial charge in [0.25, 0.3) is 0 Å². The van der Waals surface area contributed by atoms with Gasteiger partial charge in [0.15, 0.2) is 11.8 Å². The minimum Gasteiger partial charge on any atom is -0.357 e. The minimum absolute atomic E-state index is 0. The van der Waals surface area contributed by atoms with Crippen molar-refractivity contribution in [1.82, 2.24) is 25.8 Å². The number of nitrogens with one attached hydrogen (secondary N) is 3. The van der Waals surface area contributed by atoms with Crippen molar-refractivity contribution in [2.75, 3.05) is 13.1 Å². The number of nitrogens with zero attached hydrogens (tertiary/aromatic N) is 3. The maximum Gasteiger partial charge on any atom is 0.191 e. The van der Waals surface area contributed by atoms with Crippen LogP contribution in [0.25, 0.3) is 11.4 Å². The smallest absolute Gasteiger partial charge is 0.191 e. The fourth-order valence-corrected chi connectivity index (χ4v) is 3.65. The number of aromatic nitrogens is 3. The number of aliphatic imine (C=N–C) groups is 1. The number of hydrogen-bond acceptors (Lipinski definition) is 3. The van der Waals surface area contributed by atoms with Crippen molar-refractivity contribution in [2.24, 2.45) is 4.99 Å². The van der Waals surface area contributed by atoms with Crippen molar-refractivity contribution in [3.63, 3.8) is 0 Å². The summed E-state index contributed by atoms with van der Waals surface area (Å²) in [5.41, 5.74) is 3.58. The third-order valence-electron chi connectivity index (χ3n) is 5.26. The highest BCUT2D eigenvalue weighted by atomic mass is 127. The zero-order valence-electron chi connectivity index (χ0n) is 16.9. The van der Waals surface area contributed by atoms with E-state index in [1.807, 2.05) is 24.3 Å². The summed E-state index contributed by atoms with van der Waals surface area (Å²) < 4.78 is 0. The first-order valence-corrected chi connectivity index (χ1v) is 10.3. The molecule has 1 aliphatic rings. The molecule has 0 bridgehead atoms. The average molecular weight is 537 g/mol. The molecule has 1 aromatic heterocycles. The Labute approximate surface area is 199 Å². The second-order valence-electron chi connectivity index (χ2n) is 7.37. The molecule has 3 N–H and O–H groups in total. The van der Waals surface area contributed by atoms with E-state index in [1.54, 1.807) is 0 Å². The molecule has 0 amide bonds. The number of halogens is 2. The van der Waals surface area contributed by atoms with Crippen molar-refractivity contribution in [2.45, 2.75) is 31.7 Å². The number of rotatable bonds is 7. The summed E-state index contributed by atoms with van der Waals surface area (Å²) in [6.07, 6.45) is 3.85. The van der Waals surface area contributed by atoms with Gasteiger partial charge in [-0.3, -0.25) is 5.10 Å². The summed E-state index contributed by atoms with van der Waals surface area (Å²) in [6, 6.07) is 16.4. The summed E-state index contributed by atoms with van der Waals surface area (Å²) in [4.78, 5) is 8.98. The number of aromatic amines is 1. The predicted octanol–water partition coefficient (Wildman–Crippen LogP) is 4.53. The lowest BCUT2D eigenvalue weighted by Gasteiger charge is -2.19. The molecule has 0 saturated heterocycles. The third kappa shape index (κ3) is 5.51. The zero-order chi connectivity index (χ0) is 20.1. The maximum atomic E-state index is 6.19. The number of guanidine groups is 1. The van der Waals surface area contributed by atoms with Crippen LogP contribution in [0, 0.1) is 0 Å². The molecule has 0 radical (unpaired) electrons. The first kappa shape index (κ1) is 22.6. The van der Waals surface area contributed by atoms with Crippen LogP contribution >= 0.6 is 35.6 Å². The van der Waals surface area contributed by atoms with E-state index >= 15 is 0 Å². The Morgan fingerprint density at radius 2 is 2.00 bits per heavy atom. The average Bonchev–Trinajstić information content (AvgIpc) is 3.33. The molecule has 1 fully saturated rings. The summed E-state index contributed by atoms with van der Waals surface area (Å²) in [5, 5.41) is 14.5. The second-order valence-corrected chi connectivity index (χ2v) is 7.81. The first-order valence-electron chi connectivity index (χ1n) is 9.91. The van der Waals surface area contributed by atoms with Gasteiger partial charge in [-0.25, -0.2) is 9.98 Å². The summed E-state index contributed by atoms with van der Waals surface area (Å²) in [6.45, 7) is 4.32. The van der Waals surface area contributed by atoms with Gasteiger partial charge in [-0.05, 0) is 49.1 Å². The molecule has 1 aliphatic carbocycles. The van der Waals surface area contributed by atoms with Crippen LogP contribution < -0.4 is 10.6 Å². The molecular formula is C22H26ClIN6. The van der Waals surface area contributed by atoms with E-state index in [2.05, 4.69) is 57.0 Å². The van der Waals surface area contributed by atoms with Gasteiger partial charge in [-0.1, -0.05) is 41.9 Å². The van der Waals surface area contributed by atoms with E-state index in [-0.39, 0.29) is 29.4 Å². The molecule has 0 spiro atoms. The number of benzene rings is 2. The van der Waals surface area contributed by atoms with E-state index in [0.29, 0.717) is 6.54 Å². The molecule has 0 atom stereocenters. The van der Waals surface area contributed by atoms with Crippen LogP contribution in [0.4, 0.5) is 0 Å². The molecule has 6 nitrogen and oxygen atoms in total. The van der Waals surface area contributed by atoms with Crippen molar-refractivity contribution in [1.29, 1.82) is 0 Å². The molecule has 158 valence electrons. The molecular weight excluding hydrogens is 511 g/mol. The van der Waals surface area contributed by atoms with E-state index in [1.165, 1.54) is 24.7 Å². The Balaban J connectivity index is 0.00000256. The van der Waals surface area contributed by atoms with Crippen LogP contribution in [0.3, 0.4) is 0 Å². The standard InChI is InChI=1S/C22H25ClN6.HI/c1-2-24-21(26-14-22(9-10-22)18-7-4-8-19(23)12-18)25-13-16-5-3-6-17(11-16)20-27-15-28-29-20;/h3-8,11-12,15H,2,9-10,13-14H2,1H3,(H2,24,25,26)(H,27,28,29);1H. The monoisotopic (exact) mass is 536 g/mol. The van der Waals surface area contributed by atoms with Crippen LogP contribution in [-0.4, -0.2) is 34.2 Å². The van der Waals surface area contributed by atoms with Crippen molar-refractivity contribution in [3.8, 4) is 11.4 Å². The topological polar surface area (TPSA) is 78.0 Å². The molecule has 1 saturated carbocycles. The molecule has 0 aliphatic heterocycles. The summed E-state index contributed by atoms with van der Waals surface area (Å²) in [5.74, 6) is 1.59. The molecule has 3 aromatic rings. The Morgan fingerprint density at radius 3 is 2.70 bits per heavy atom. The normalized spacial score (nSPS) is 14.7. The van der Waals surface area contributed by atoms with Crippen LogP contribution in [0.15, 0.2) is 59.9 Å². The second kappa shape index (κ2) is 10.3. The van der Waals surface area contributed by atoms with Crippen LogP contribution in [0.1, 0.15) is 30.9 Å². The lowest BCUT2D eigenvalue weighted by Crippen LogP contribution is -2.41. The van der Waals surface area contributed by atoms with Gasteiger partial charge < -0.3 is 10.6 Å². The van der Waals surface area contributed by atoms with Crippen molar-refractivity contribution < 1.29 is 0 Å². The largest absolute Gasteiger partial charge is 0.357 e. The van der Waals surface area contributed by atoms with Gasteiger partial charge in [0.1, 0.15) is 6.33 Å². The van der Waals surface area contributed by atoms with Gasteiger partial charge in [-0.2, -0.15) is 5.10 Å².